The second-order valence-corrected chi connectivity index (χ2v) is 7.28. The number of aryl methyl sites for hydroxylation is 1. The Bertz CT molecular complexity index is 1210. The molecule has 0 unspecified atom stereocenters. The Kier molecular flexibility index (Phi) is 4.64. The van der Waals surface area contributed by atoms with E-state index in [4.69, 9.17) is 0 Å². The number of fused-ring (bicyclic) bond motifs is 1. The number of pyridine rings is 2. The summed E-state index contributed by atoms with van der Waals surface area (Å²) < 4.78 is 3.41. The summed E-state index contributed by atoms with van der Waals surface area (Å²) in [5, 5.41) is 23.2. The number of amides is 1. The minimum atomic E-state index is -0.347. The smallest absolute Gasteiger partial charge is 0.278 e. The Morgan fingerprint density at radius 3 is 2.77 bits per heavy atom. The van der Waals surface area contributed by atoms with Gasteiger partial charge in [0.15, 0.2) is 5.69 Å². The van der Waals surface area contributed by atoms with Crippen LogP contribution in [0.15, 0.2) is 36.9 Å². The van der Waals surface area contributed by atoms with Gasteiger partial charge in [-0.25, -0.2) is 9.67 Å². The summed E-state index contributed by atoms with van der Waals surface area (Å²) in [6.07, 6.45) is 8.80. The third-order valence-corrected chi connectivity index (χ3v) is 5.13. The monoisotopic (exact) mass is 404 g/mol. The predicted molar refractivity (Wildman–Crippen MR) is 109 cm³/mol. The molecule has 0 aromatic carbocycles. The second kappa shape index (κ2) is 7.59. The summed E-state index contributed by atoms with van der Waals surface area (Å²) in [7, 11) is 1.81. The van der Waals surface area contributed by atoms with Crippen molar-refractivity contribution in [2.45, 2.75) is 18.9 Å². The second-order valence-electron chi connectivity index (χ2n) is 7.28. The lowest BCUT2D eigenvalue weighted by Gasteiger charge is -2.22. The van der Waals surface area contributed by atoms with Crippen molar-refractivity contribution >= 4 is 22.6 Å². The SMILES string of the molecule is Cn1cc(-c2cnc3cnc(NC(=O)c4cn(C5CCNCC5)nn4)cc3c2)nn1. The lowest BCUT2D eigenvalue weighted by Crippen LogP contribution is -2.29. The van der Waals surface area contributed by atoms with Crippen LogP contribution in [0.4, 0.5) is 5.82 Å². The minimum absolute atomic E-state index is 0.266. The van der Waals surface area contributed by atoms with E-state index in [-0.39, 0.29) is 17.6 Å². The number of carbonyl (C=O) groups excluding carboxylic acids is 1. The van der Waals surface area contributed by atoms with Crippen LogP contribution in [-0.4, -0.2) is 59.0 Å². The molecule has 5 rings (SSSR count). The van der Waals surface area contributed by atoms with Crippen molar-refractivity contribution in [3.05, 3.63) is 42.6 Å². The highest BCUT2D eigenvalue weighted by molar-refractivity contribution is 6.02. The highest BCUT2D eigenvalue weighted by Gasteiger charge is 2.19. The summed E-state index contributed by atoms with van der Waals surface area (Å²) in [5.74, 6) is 0.0714. The number of piperidine rings is 1. The van der Waals surface area contributed by atoms with Gasteiger partial charge in [0.25, 0.3) is 5.91 Å². The normalized spacial score (nSPS) is 14.8. The maximum atomic E-state index is 12.6. The van der Waals surface area contributed by atoms with E-state index in [1.165, 1.54) is 0 Å². The summed E-state index contributed by atoms with van der Waals surface area (Å²) in [4.78, 5) is 21.3. The molecule has 152 valence electrons. The predicted octanol–water partition coefficient (Wildman–Crippen LogP) is 1.19. The average Bonchev–Trinajstić information content (AvgIpc) is 3.43. The van der Waals surface area contributed by atoms with Gasteiger partial charge in [-0.3, -0.25) is 14.5 Å². The molecule has 11 heteroatoms. The van der Waals surface area contributed by atoms with E-state index >= 15 is 0 Å². The third kappa shape index (κ3) is 3.62. The van der Waals surface area contributed by atoms with Gasteiger partial charge >= 0.3 is 0 Å². The van der Waals surface area contributed by atoms with Gasteiger partial charge in [-0.05, 0) is 38.1 Å². The number of anilines is 1. The number of nitrogens with zero attached hydrogens (tertiary/aromatic N) is 8. The van der Waals surface area contributed by atoms with Crippen LogP contribution in [0.1, 0.15) is 29.4 Å². The van der Waals surface area contributed by atoms with Gasteiger partial charge in [-0.2, -0.15) is 0 Å². The van der Waals surface area contributed by atoms with Gasteiger partial charge in [0.1, 0.15) is 11.5 Å². The summed E-state index contributed by atoms with van der Waals surface area (Å²) in [6.45, 7) is 1.88. The van der Waals surface area contributed by atoms with E-state index in [9.17, 15) is 4.79 Å². The molecule has 1 saturated heterocycles. The Balaban J connectivity index is 1.35. The molecule has 0 aliphatic carbocycles. The number of hydrogen-bond donors (Lipinski definition) is 2. The Labute approximate surface area is 171 Å². The first-order valence-corrected chi connectivity index (χ1v) is 9.72. The number of rotatable bonds is 4. The van der Waals surface area contributed by atoms with Crippen molar-refractivity contribution in [1.82, 2.24) is 45.3 Å². The molecule has 1 aliphatic rings. The molecule has 30 heavy (non-hydrogen) atoms. The maximum absolute atomic E-state index is 12.6. The van der Waals surface area contributed by atoms with Crippen molar-refractivity contribution < 1.29 is 4.79 Å². The van der Waals surface area contributed by atoms with Crippen LogP contribution in [-0.2, 0) is 7.05 Å². The van der Waals surface area contributed by atoms with Crippen LogP contribution in [0.25, 0.3) is 22.2 Å². The van der Waals surface area contributed by atoms with Crippen molar-refractivity contribution in [3.63, 3.8) is 0 Å². The summed E-state index contributed by atoms with van der Waals surface area (Å²) in [5.41, 5.74) is 2.55. The van der Waals surface area contributed by atoms with Crippen LogP contribution in [0, 0.1) is 0 Å². The number of aromatic nitrogens is 8. The maximum Gasteiger partial charge on any atom is 0.278 e. The first kappa shape index (κ1) is 18.3. The molecule has 0 saturated carbocycles. The van der Waals surface area contributed by atoms with E-state index in [0.717, 1.165) is 48.1 Å². The van der Waals surface area contributed by atoms with Gasteiger partial charge < -0.3 is 10.6 Å². The van der Waals surface area contributed by atoms with Crippen LogP contribution in [0.3, 0.4) is 0 Å². The van der Waals surface area contributed by atoms with Crippen LogP contribution in [0.5, 0.6) is 0 Å². The zero-order valence-corrected chi connectivity index (χ0v) is 16.4. The quantitative estimate of drug-likeness (QED) is 0.519. The van der Waals surface area contributed by atoms with Gasteiger partial charge in [-0.15, -0.1) is 10.2 Å². The molecule has 0 radical (unpaired) electrons. The fraction of sp³-hybridized carbons (Fsp3) is 0.316. The standard InChI is InChI=1S/C19H20N10O/c1-28-10-16(24-26-28)13-6-12-7-18(22-9-15(12)21-8-13)23-19(30)17-11-29(27-25-17)14-2-4-20-5-3-14/h6-11,14,20H,2-5H2,1H3,(H,22,23,30). The molecule has 2 N–H and O–H groups in total. The molecular weight excluding hydrogens is 384 g/mol. The fourth-order valence-electron chi connectivity index (χ4n) is 3.53. The molecule has 4 aromatic heterocycles. The number of carbonyl (C=O) groups is 1. The van der Waals surface area contributed by atoms with Gasteiger partial charge in [0.2, 0.25) is 0 Å². The van der Waals surface area contributed by atoms with E-state index in [1.54, 1.807) is 34.0 Å². The molecule has 11 nitrogen and oxygen atoms in total. The molecule has 1 aliphatic heterocycles. The van der Waals surface area contributed by atoms with Gasteiger partial charge in [-0.1, -0.05) is 10.4 Å². The summed E-state index contributed by atoms with van der Waals surface area (Å²) in [6, 6.07) is 3.98. The highest BCUT2D eigenvalue weighted by Crippen LogP contribution is 2.22. The van der Waals surface area contributed by atoms with Crippen molar-refractivity contribution in [3.8, 4) is 11.3 Å². The first-order chi connectivity index (χ1) is 14.7. The Hall–Kier alpha value is -3.73. The largest absolute Gasteiger partial charge is 0.317 e. The van der Waals surface area contributed by atoms with Gasteiger partial charge in [0, 0.05) is 24.2 Å². The third-order valence-electron chi connectivity index (χ3n) is 5.13. The molecule has 1 fully saturated rings. The average molecular weight is 404 g/mol. The van der Waals surface area contributed by atoms with Crippen molar-refractivity contribution in [1.29, 1.82) is 0 Å². The number of nitrogens with one attached hydrogen (secondary N) is 2. The van der Waals surface area contributed by atoms with E-state index in [1.807, 2.05) is 19.3 Å². The van der Waals surface area contributed by atoms with Crippen molar-refractivity contribution in [2.24, 2.45) is 7.05 Å². The minimum Gasteiger partial charge on any atom is -0.317 e. The molecule has 1 amide bonds. The first-order valence-electron chi connectivity index (χ1n) is 9.72. The fourth-order valence-corrected chi connectivity index (χ4v) is 3.53. The molecule has 5 heterocycles. The molecule has 4 aromatic rings. The summed E-state index contributed by atoms with van der Waals surface area (Å²) >= 11 is 0. The molecule has 0 atom stereocenters. The lowest BCUT2D eigenvalue weighted by atomic mass is 10.1. The highest BCUT2D eigenvalue weighted by atomic mass is 16.2. The Morgan fingerprint density at radius 1 is 1.10 bits per heavy atom. The molecule has 0 bridgehead atoms. The van der Waals surface area contributed by atoms with Crippen LogP contribution >= 0.6 is 0 Å². The topological polar surface area (TPSA) is 128 Å². The Morgan fingerprint density at radius 2 is 1.97 bits per heavy atom. The van der Waals surface area contributed by atoms with E-state index < -0.39 is 0 Å². The van der Waals surface area contributed by atoms with Crippen LogP contribution in [0.2, 0.25) is 0 Å². The van der Waals surface area contributed by atoms with Crippen LogP contribution < -0.4 is 10.6 Å². The lowest BCUT2D eigenvalue weighted by molar-refractivity contribution is 0.102. The zero-order chi connectivity index (χ0) is 20.5. The number of hydrogen-bond acceptors (Lipinski definition) is 8. The zero-order valence-electron chi connectivity index (χ0n) is 16.4. The van der Waals surface area contributed by atoms with E-state index in [0.29, 0.717) is 5.82 Å². The van der Waals surface area contributed by atoms with Gasteiger partial charge in [0.05, 0.1) is 30.1 Å². The molecule has 0 spiro atoms. The molecular formula is C19H20N10O. The van der Waals surface area contributed by atoms with Crippen molar-refractivity contribution in [2.75, 3.05) is 18.4 Å². The van der Waals surface area contributed by atoms with E-state index in [2.05, 4.69) is 41.2 Å².